The van der Waals surface area contributed by atoms with E-state index in [0.29, 0.717) is 37.7 Å². The normalized spacial score (nSPS) is 11.8. The predicted molar refractivity (Wildman–Crippen MR) is 102 cm³/mol. The van der Waals surface area contributed by atoms with Crippen LogP contribution in [-0.4, -0.2) is 39.4 Å². The molecule has 1 N–H and O–H groups in total. The Morgan fingerprint density at radius 3 is 2.62 bits per heavy atom. The molecule has 0 aromatic heterocycles. The minimum absolute atomic E-state index is 0.0489. The van der Waals surface area contributed by atoms with Crippen LogP contribution in [0.1, 0.15) is 35.4 Å². The number of carbonyl (C=O) groups is 1. The number of benzene rings is 2. The van der Waals surface area contributed by atoms with E-state index in [1.807, 2.05) is 49.4 Å². The molecule has 140 valence electrons. The monoisotopic (exact) mass is 357 g/mol. The van der Waals surface area contributed by atoms with Crippen LogP contribution in [-0.2, 0) is 9.47 Å². The van der Waals surface area contributed by atoms with Crippen LogP contribution in [0.25, 0.3) is 0 Å². The molecule has 1 amide bonds. The van der Waals surface area contributed by atoms with Crippen LogP contribution in [0.5, 0.6) is 5.75 Å². The second kappa shape index (κ2) is 11.3. The fraction of sp³-hybridized carbons (Fsp3) is 0.381. The van der Waals surface area contributed by atoms with Gasteiger partial charge in [0.15, 0.2) is 0 Å². The highest BCUT2D eigenvalue weighted by molar-refractivity contribution is 5.94. The zero-order valence-electron chi connectivity index (χ0n) is 15.4. The van der Waals surface area contributed by atoms with Crippen molar-refractivity contribution in [3.8, 4) is 5.75 Å². The number of hydrogen-bond acceptors (Lipinski definition) is 4. The number of carbonyl (C=O) groups excluding carboxylic acids is 1. The topological polar surface area (TPSA) is 56.8 Å². The summed E-state index contributed by atoms with van der Waals surface area (Å²) in [5.41, 5.74) is 1.74. The fourth-order valence-corrected chi connectivity index (χ4v) is 2.43. The molecule has 0 saturated carbocycles. The molecule has 26 heavy (non-hydrogen) atoms. The van der Waals surface area contributed by atoms with Crippen LogP contribution in [0.2, 0.25) is 0 Å². The van der Waals surface area contributed by atoms with E-state index in [-0.39, 0.29) is 12.0 Å². The van der Waals surface area contributed by atoms with Crippen LogP contribution in [0.4, 0.5) is 0 Å². The van der Waals surface area contributed by atoms with Crippen molar-refractivity contribution in [2.24, 2.45) is 0 Å². The van der Waals surface area contributed by atoms with Gasteiger partial charge >= 0.3 is 0 Å². The first-order valence-electron chi connectivity index (χ1n) is 8.87. The largest absolute Gasteiger partial charge is 0.491 e. The third-order valence-corrected chi connectivity index (χ3v) is 3.90. The number of rotatable bonds is 11. The van der Waals surface area contributed by atoms with Crippen molar-refractivity contribution in [1.29, 1.82) is 0 Å². The van der Waals surface area contributed by atoms with Gasteiger partial charge in [0.2, 0.25) is 0 Å². The van der Waals surface area contributed by atoms with Gasteiger partial charge in [0.05, 0.1) is 12.7 Å². The minimum atomic E-state index is -0.113. The van der Waals surface area contributed by atoms with Gasteiger partial charge in [0.25, 0.3) is 5.91 Å². The summed E-state index contributed by atoms with van der Waals surface area (Å²) in [6.07, 6.45) is 0.806. The second-order valence-corrected chi connectivity index (χ2v) is 5.90. The van der Waals surface area contributed by atoms with Crippen LogP contribution in [0, 0.1) is 0 Å². The van der Waals surface area contributed by atoms with Gasteiger partial charge in [0, 0.05) is 25.8 Å². The Morgan fingerprint density at radius 2 is 1.85 bits per heavy atom. The lowest BCUT2D eigenvalue weighted by atomic mass is 10.1. The number of ether oxygens (including phenoxy) is 3. The standard InChI is InChI=1S/C21H27NO4/c1-17(18-8-4-3-5-9-18)25-13-7-12-22-21(23)19-10-6-11-20(16-19)26-15-14-24-2/h3-6,8-11,16-17H,7,12-15H2,1-2H3,(H,22,23). The van der Waals surface area contributed by atoms with Gasteiger partial charge in [-0.25, -0.2) is 0 Å². The molecule has 0 aliphatic rings. The molecule has 0 spiro atoms. The van der Waals surface area contributed by atoms with E-state index in [2.05, 4.69) is 5.32 Å². The fourth-order valence-electron chi connectivity index (χ4n) is 2.43. The average molecular weight is 357 g/mol. The summed E-state index contributed by atoms with van der Waals surface area (Å²) in [5, 5.41) is 2.91. The summed E-state index contributed by atoms with van der Waals surface area (Å²) < 4.78 is 16.3. The first-order chi connectivity index (χ1) is 12.7. The molecule has 5 nitrogen and oxygen atoms in total. The van der Waals surface area contributed by atoms with E-state index < -0.39 is 0 Å². The van der Waals surface area contributed by atoms with Crippen molar-refractivity contribution in [1.82, 2.24) is 5.32 Å². The Hall–Kier alpha value is -2.37. The number of hydrogen-bond donors (Lipinski definition) is 1. The molecule has 0 radical (unpaired) electrons. The van der Waals surface area contributed by atoms with E-state index in [0.717, 1.165) is 12.0 Å². The quantitative estimate of drug-likeness (QED) is 0.624. The van der Waals surface area contributed by atoms with Crippen LogP contribution in [0.15, 0.2) is 54.6 Å². The first-order valence-corrected chi connectivity index (χ1v) is 8.87. The molecule has 0 aliphatic heterocycles. The highest BCUT2D eigenvalue weighted by atomic mass is 16.5. The summed E-state index contributed by atoms with van der Waals surface area (Å²) in [6, 6.07) is 17.2. The molecule has 2 aromatic rings. The zero-order valence-corrected chi connectivity index (χ0v) is 15.4. The average Bonchev–Trinajstić information content (AvgIpc) is 2.68. The van der Waals surface area contributed by atoms with Gasteiger partial charge in [-0.1, -0.05) is 36.4 Å². The lowest BCUT2D eigenvalue weighted by Gasteiger charge is -2.13. The highest BCUT2D eigenvalue weighted by Gasteiger charge is 2.07. The third kappa shape index (κ3) is 6.86. The molecule has 1 atom stereocenters. The maximum absolute atomic E-state index is 12.2. The van der Waals surface area contributed by atoms with Crippen molar-refractivity contribution in [2.75, 3.05) is 33.5 Å². The summed E-state index contributed by atoms with van der Waals surface area (Å²) >= 11 is 0. The van der Waals surface area contributed by atoms with Crippen LogP contribution < -0.4 is 10.1 Å². The summed E-state index contributed by atoms with van der Waals surface area (Å²) in [4.78, 5) is 12.2. The van der Waals surface area contributed by atoms with Gasteiger partial charge in [-0.15, -0.1) is 0 Å². The van der Waals surface area contributed by atoms with Crippen LogP contribution in [0.3, 0.4) is 0 Å². The molecule has 0 heterocycles. The highest BCUT2D eigenvalue weighted by Crippen LogP contribution is 2.16. The van der Waals surface area contributed by atoms with E-state index in [1.54, 1.807) is 19.2 Å². The molecular weight excluding hydrogens is 330 g/mol. The number of methoxy groups -OCH3 is 1. The lowest BCUT2D eigenvalue weighted by Crippen LogP contribution is -2.25. The maximum Gasteiger partial charge on any atom is 0.251 e. The Bertz CT molecular complexity index is 660. The van der Waals surface area contributed by atoms with E-state index in [1.165, 1.54) is 0 Å². The van der Waals surface area contributed by atoms with Crippen molar-refractivity contribution in [3.63, 3.8) is 0 Å². The van der Waals surface area contributed by atoms with Crippen LogP contribution >= 0.6 is 0 Å². The summed E-state index contributed by atoms with van der Waals surface area (Å²) in [6.45, 7) is 4.16. The Morgan fingerprint density at radius 1 is 1.04 bits per heavy atom. The molecular formula is C21H27NO4. The van der Waals surface area contributed by atoms with Crippen molar-refractivity contribution < 1.29 is 19.0 Å². The van der Waals surface area contributed by atoms with Crippen molar-refractivity contribution in [3.05, 3.63) is 65.7 Å². The predicted octanol–water partition coefficient (Wildman–Crippen LogP) is 3.61. The Labute approximate surface area is 155 Å². The molecule has 0 saturated heterocycles. The van der Waals surface area contributed by atoms with Gasteiger partial charge in [0.1, 0.15) is 12.4 Å². The van der Waals surface area contributed by atoms with Gasteiger partial charge in [-0.3, -0.25) is 4.79 Å². The zero-order chi connectivity index (χ0) is 18.6. The summed E-state index contributed by atoms with van der Waals surface area (Å²) in [7, 11) is 1.62. The maximum atomic E-state index is 12.2. The molecule has 0 aliphatic carbocycles. The third-order valence-electron chi connectivity index (χ3n) is 3.90. The smallest absolute Gasteiger partial charge is 0.251 e. The van der Waals surface area contributed by atoms with Gasteiger partial charge in [-0.05, 0) is 37.1 Å². The molecule has 2 aromatic carbocycles. The van der Waals surface area contributed by atoms with E-state index in [9.17, 15) is 4.79 Å². The number of nitrogens with one attached hydrogen (secondary N) is 1. The lowest BCUT2D eigenvalue weighted by molar-refractivity contribution is 0.0635. The van der Waals surface area contributed by atoms with Crippen molar-refractivity contribution in [2.45, 2.75) is 19.4 Å². The first kappa shape index (κ1) is 19.9. The summed E-state index contributed by atoms with van der Waals surface area (Å²) in [5.74, 6) is 0.549. The SMILES string of the molecule is COCCOc1cccc(C(=O)NCCCOC(C)c2ccccc2)c1. The molecule has 1 unspecified atom stereocenters. The van der Waals surface area contributed by atoms with E-state index in [4.69, 9.17) is 14.2 Å². The Balaban J connectivity index is 1.68. The second-order valence-electron chi connectivity index (χ2n) is 5.90. The van der Waals surface area contributed by atoms with Crippen molar-refractivity contribution >= 4 is 5.91 Å². The molecule has 2 rings (SSSR count). The minimum Gasteiger partial charge on any atom is -0.491 e. The van der Waals surface area contributed by atoms with E-state index >= 15 is 0 Å². The molecule has 5 heteroatoms. The molecule has 0 bridgehead atoms. The molecule has 0 fully saturated rings. The number of amides is 1. The van der Waals surface area contributed by atoms with Gasteiger partial charge < -0.3 is 19.5 Å². The van der Waals surface area contributed by atoms with Gasteiger partial charge in [-0.2, -0.15) is 0 Å². The Kier molecular flexibility index (Phi) is 8.66.